The Morgan fingerprint density at radius 3 is 2.07 bits per heavy atom. The summed E-state index contributed by atoms with van der Waals surface area (Å²) in [5.41, 5.74) is -0.393. The Labute approximate surface area is 167 Å². The zero-order valence-corrected chi connectivity index (χ0v) is 16.6. The van der Waals surface area contributed by atoms with E-state index in [4.69, 9.17) is 0 Å². The molecule has 9 heteroatoms. The predicted octanol–water partition coefficient (Wildman–Crippen LogP) is 4.38. The Kier molecular flexibility index (Phi) is 6.00. The number of halogens is 3. The van der Waals surface area contributed by atoms with Gasteiger partial charge in [0.15, 0.2) is 0 Å². The lowest BCUT2D eigenvalue weighted by molar-refractivity contribution is -0.137. The van der Waals surface area contributed by atoms with E-state index >= 15 is 0 Å². The second-order valence-corrected chi connectivity index (χ2v) is 9.08. The van der Waals surface area contributed by atoms with Gasteiger partial charge < -0.3 is 5.32 Å². The zero-order chi connectivity index (χ0) is 21.2. The average molecular weight is 426 g/mol. The molecule has 2 aromatic carbocycles. The van der Waals surface area contributed by atoms with Crippen LogP contribution in [-0.4, -0.2) is 31.7 Å². The fraction of sp³-hybridized carbons (Fsp3) is 0.350. The molecule has 1 heterocycles. The second kappa shape index (κ2) is 8.16. The molecule has 0 spiro atoms. The lowest BCUT2D eigenvalue weighted by Gasteiger charge is -2.29. The van der Waals surface area contributed by atoms with E-state index in [0.717, 1.165) is 37.1 Å². The maximum absolute atomic E-state index is 12.7. The lowest BCUT2D eigenvalue weighted by atomic mass is 10.0. The number of nitrogens with zero attached hydrogens (tertiary/aromatic N) is 1. The molecule has 29 heavy (non-hydrogen) atoms. The number of hydrogen-bond donors (Lipinski definition) is 1. The van der Waals surface area contributed by atoms with Crippen molar-refractivity contribution in [2.24, 2.45) is 5.92 Å². The predicted molar refractivity (Wildman–Crippen MR) is 103 cm³/mol. The van der Waals surface area contributed by atoms with E-state index in [1.165, 1.54) is 28.6 Å². The number of hydrogen-bond acceptors (Lipinski definition) is 3. The number of piperidine rings is 1. The summed E-state index contributed by atoms with van der Waals surface area (Å²) in [6.45, 7) is 3.04. The number of benzene rings is 2. The van der Waals surface area contributed by atoms with Crippen LogP contribution in [0, 0.1) is 5.92 Å². The summed E-state index contributed by atoms with van der Waals surface area (Å²) in [6.07, 6.45) is -2.82. The Hall–Kier alpha value is -2.39. The van der Waals surface area contributed by atoms with Gasteiger partial charge in [-0.25, -0.2) is 8.42 Å². The van der Waals surface area contributed by atoms with Gasteiger partial charge in [-0.15, -0.1) is 0 Å². The molecule has 1 saturated heterocycles. The van der Waals surface area contributed by atoms with Crippen molar-refractivity contribution in [2.75, 3.05) is 18.4 Å². The van der Waals surface area contributed by atoms with Gasteiger partial charge in [0.2, 0.25) is 10.0 Å². The molecule has 1 aliphatic heterocycles. The SMILES string of the molecule is CC1CCN(S(=O)(=O)c2ccc(C(=O)Nc3ccc(C(F)(F)F)cc3)cc2)CC1. The topological polar surface area (TPSA) is 66.5 Å². The van der Waals surface area contributed by atoms with Gasteiger partial charge in [0.05, 0.1) is 10.5 Å². The molecule has 0 radical (unpaired) electrons. The molecule has 156 valence electrons. The number of rotatable bonds is 4. The molecule has 0 unspecified atom stereocenters. The van der Waals surface area contributed by atoms with E-state index in [1.807, 2.05) is 0 Å². The highest BCUT2D eigenvalue weighted by atomic mass is 32.2. The van der Waals surface area contributed by atoms with Crippen molar-refractivity contribution in [1.29, 1.82) is 0 Å². The molecular formula is C20H21F3N2O3S. The number of anilines is 1. The van der Waals surface area contributed by atoms with E-state index < -0.39 is 27.7 Å². The van der Waals surface area contributed by atoms with Crippen LogP contribution < -0.4 is 5.32 Å². The van der Waals surface area contributed by atoms with Gasteiger partial charge in [0.1, 0.15) is 0 Å². The molecule has 0 aromatic heterocycles. The van der Waals surface area contributed by atoms with Crippen molar-refractivity contribution < 1.29 is 26.4 Å². The average Bonchev–Trinajstić information content (AvgIpc) is 2.68. The Morgan fingerprint density at radius 1 is 1.00 bits per heavy atom. The largest absolute Gasteiger partial charge is 0.416 e. The summed E-state index contributed by atoms with van der Waals surface area (Å²) in [7, 11) is -3.61. The summed E-state index contributed by atoms with van der Waals surface area (Å²) in [6, 6.07) is 9.60. The fourth-order valence-electron chi connectivity index (χ4n) is 3.10. The first kappa shape index (κ1) is 21.3. The first-order chi connectivity index (χ1) is 13.6. The van der Waals surface area contributed by atoms with Gasteiger partial charge in [-0.2, -0.15) is 17.5 Å². The van der Waals surface area contributed by atoms with Crippen LogP contribution in [0.4, 0.5) is 18.9 Å². The van der Waals surface area contributed by atoms with E-state index in [0.29, 0.717) is 19.0 Å². The van der Waals surface area contributed by atoms with Gasteiger partial charge in [0.25, 0.3) is 5.91 Å². The minimum Gasteiger partial charge on any atom is -0.322 e. The Bertz CT molecular complexity index is 964. The highest BCUT2D eigenvalue weighted by Gasteiger charge is 2.30. The van der Waals surface area contributed by atoms with E-state index in [1.54, 1.807) is 0 Å². The highest BCUT2D eigenvalue weighted by molar-refractivity contribution is 7.89. The number of nitrogens with one attached hydrogen (secondary N) is 1. The quantitative estimate of drug-likeness (QED) is 0.789. The molecule has 0 aliphatic carbocycles. The van der Waals surface area contributed by atoms with Crippen LogP contribution in [0.2, 0.25) is 0 Å². The molecule has 3 rings (SSSR count). The molecular weight excluding hydrogens is 405 g/mol. The highest BCUT2D eigenvalue weighted by Crippen LogP contribution is 2.30. The monoisotopic (exact) mass is 426 g/mol. The molecule has 1 aliphatic rings. The van der Waals surface area contributed by atoms with Crippen LogP contribution in [0.15, 0.2) is 53.4 Å². The number of sulfonamides is 1. The molecule has 1 amide bonds. The summed E-state index contributed by atoms with van der Waals surface area (Å²) < 4.78 is 64.7. The maximum Gasteiger partial charge on any atom is 0.416 e. The molecule has 1 N–H and O–H groups in total. The Morgan fingerprint density at radius 2 is 1.55 bits per heavy atom. The van der Waals surface area contributed by atoms with Gasteiger partial charge in [0, 0.05) is 24.3 Å². The van der Waals surface area contributed by atoms with Gasteiger partial charge in [-0.3, -0.25) is 4.79 Å². The second-order valence-electron chi connectivity index (χ2n) is 7.14. The summed E-state index contributed by atoms with van der Waals surface area (Å²) in [4.78, 5) is 12.4. The van der Waals surface area contributed by atoms with Crippen LogP contribution in [0.25, 0.3) is 0 Å². The number of amides is 1. The standard InChI is InChI=1S/C20H21F3N2O3S/c1-14-10-12-25(13-11-14)29(27,28)18-8-2-15(3-9-18)19(26)24-17-6-4-16(5-7-17)20(21,22)23/h2-9,14H,10-13H2,1H3,(H,24,26). The number of alkyl halides is 3. The third-order valence-electron chi connectivity index (χ3n) is 4.97. The smallest absolute Gasteiger partial charge is 0.322 e. The summed E-state index contributed by atoms with van der Waals surface area (Å²) in [5, 5.41) is 2.50. The van der Waals surface area contributed by atoms with Gasteiger partial charge in [-0.05, 0) is 67.3 Å². The summed E-state index contributed by atoms with van der Waals surface area (Å²) in [5.74, 6) is -0.0433. The van der Waals surface area contributed by atoms with Crippen LogP contribution in [0.5, 0.6) is 0 Å². The molecule has 0 bridgehead atoms. The van der Waals surface area contributed by atoms with E-state index in [2.05, 4.69) is 12.2 Å². The van der Waals surface area contributed by atoms with Crippen LogP contribution in [0.1, 0.15) is 35.7 Å². The van der Waals surface area contributed by atoms with E-state index in [9.17, 15) is 26.4 Å². The van der Waals surface area contributed by atoms with Crippen molar-refractivity contribution in [2.45, 2.75) is 30.8 Å². The molecule has 0 atom stereocenters. The van der Waals surface area contributed by atoms with Gasteiger partial charge >= 0.3 is 6.18 Å². The van der Waals surface area contributed by atoms with Crippen molar-refractivity contribution in [3.8, 4) is 0 Å². The first-order valence-corrected chi connectivity index (χ1v) is 10.6. The van der Waals surface area contributed by atoms with Crippen molar-refractivity contribution in [3.05, 3.63) is 59.7 Å². The van der Waals surface area contributed by atoms with Gasteiger partial charge in [-0.1, -0.05) is 6.92 Å². The van der Waals surface area contributed by atoms with Crippen molar-refractivity contribution in [3.63, 3.8) is 0 Å². The van der Waals surface area contributed by atoms with E-state index in [-0.39, 0.29) is 16.1 Å². The fourth-order valence-corrected chi connectivity index (χ4v) is 4.57. The van der Waals surface area contributed by atoms with Crippen molar-refractivity contribution >= 4 is 21.6 Å². The third-order valence-corrected chi connectivity index (χ3v) is 6.88. The zero-order valence-electron chi connectivity index (χ0n) is 15.7. The molecule has 1 fully saturated rings. The van der Waals surface area contributed by atoms with Crippen LogP contribution in [-0.2, 0) is 16.2 Å². The van der Waals surface area contributed by atoms with Crippen LogP contribution >= 0.6 is 0 Å². The first-order valence-electron chi connectivity index (χ1n) is 9.16. The van der Waals surface area contributed by atoms with Crippen molar-refractivity contribution in [1.82, 2.24) is 4.31 Å². The normalized spacial score (nSPS) is 16.6. The summed E-state index contributed by atoms with van der Waals surface area (Å²) >= 11 is 0. The molecule has 0 saturated carbocycles. The molecule has 2 aromatic rings. The minimum absolute atomic E-state index is 0.109. The number of carbonyl (C=O) groups excluding carboxylic acids is 1. The lowest BCUT2D eigenvalue weighted by Crippen LogP contribution is -2.37. The Balaban J connectivity index is 1.69. The molecule has 5 nitrogen and oxygen atoms in total. The minimum atomic E-state index is -4.45. The maximum atomic E-state index is 12.7. The number of carbonyl (C=O) groups is 1. The van der Waals surface area contributed by atoms with Crippen LogP contribution in [0.3, 0.4) is 0 Å². The third kappa shape index (κ3) is 4.97.